The molecule has 168 valence electrons. The normalized spacial score (nSPS) is 10.8. The number of carbonyl (C=O) groups is 1. The van der Waals surface area contributed by atoms with Crippen LogP contribution in [0.3, 0.4) is 0 Å². The van der Waals surface area contributed by atoms with Gasteiger partial charge in [0.25, 0.3) is 5.56 Å². The smallest absolute Gasteiger partial charge is 0.266 e. The molecular formula is C25H22ClN3O3S. The molecule has 1 amide bonds. The van der Waals surface area contributed by atoms with Gasteiger partial charge in [-0.3, -0.25) is 14.2 Å². The van der Waals surface area contributed by atoms with Crippen molar-refractivity contribution in [1.29, 1.82) is 0 Å². The Morgan fingerprint density at radius 3 is 2.64 bits per heavy atom. The van der Waals surface area contributed by atoms with Crippen molar-refractivity contribution in [2.45, 2.75) is 11.6 Å². The Morgan fingerprint density at radius 1 is 1.09 bits per heavy atom. The van der Waals surface area contributed by atoms with Gasteiger partial charge >= 0.3 is 0 Å². The van der Waals surface area contributed by atoms with Gasteiger partial charge in [0.1, 0.15) is 5.75 Å². The summed E-state index contributed by atoms with van der Waals surface area (Å²) in [6.45, 7) is 0.512. The van der Waals surface area contributed by atoms with E-state index in [4.69, 9.17) is 16.3 Å². The van der Waals surface area contributed by atoms with Crippen molar-refractivity contribution in [3.05, 3.63) is 93.7 Å². The number of methoxy groups -OCH3 is 1. The summed E-state index contributed by atoms with van der Waals surface area (Å²) in [5.41, 5.74) is 2.09. The van der Waals surface area contributed by atoms with Gasteiger partial charge in [-0.2, -0.15) is 0 Å². The molecule has 0 aliphatic rings. The first-order chi connectivity index (χ1) is 16.0. The standard InChI is InChI=1S/C25H22ClN3O3S/c1-32-20-11-9-17(10-12-20)13-14-27-23(30)16-33-25-28-22-8-3-2-7-21(22)24(31)29(25)19-6-4-5-18(26)15-19/h2-12,15H,13-14,16H2,1H3,(H,27,30). The molecule has 1 aromatic heterocycles. The molecule has 0 aliphatic carbocycles. The second-order valence-corrected chi connectivity index (χ2v) is 8.65. The van der Waals surface area contributed by atoms with Crippen molar-refractivity contribution in [2.75, 3.05) is 19.4 Å². The Morgan fingerprint density at radius 2 is 1.88 bits per heavy atom. The fourth-order valence-electron chi connectivity index (χ4n) is 3.37. The number of thioether (sulfide) groups is 1. The van der Waals surface area contributed by atoms with E-state index in [0.29, 0.717) is 39.7 Å². The third kappa shape index (κ3) is 5.56. The number of nitrogens with zero attached hydrogens (tertiary/aromatic N) is 2. The van der Waals surface area contributed by atoms with Crippen LogP contribution in [0.2, 0.25) is 5.02 Å². The van der Waals surface area contributed by atoms with E-state index in [2.05, 4.69) is 10.3 Å². The highest BCUT2D eigenvalue weighted by molar-refractivity contribution is 7.99. The number of ether oxygens (including phenoxy) is 1. The van der Waals surface area contributed by atoms with Gasteiger partial charge in [-0.15, -0.1) is 0 Å². The van der Waals surface area contributed by atoms with Crippen LogP contribution in [0.5, 0.6) is 5.75 Å². The quantitative estimate of drug-likeness (QED) is 0.297. The van der Waals surface area contributed by atoms with E-state index >= 15 is 0 Å². The van der Waals surface area contributed by atoms with Gasteiger partial charge in [-0.1, -0.05) is 53.7 Å². The number of hydrogen-bond acceptors (Lipinski definition) is 5. The topological polar surface area (TPSA) is 73.2 Å². The van der Waals surface area contributed by atoms with E-state index in [0.717, 1.165) is 11.3 Å². The number of carbonyl (C=O) groups excluding carboxylic acids is 1. The monoisotopic (exact) mass is 479 g/mol. The number of amides is 1. The minimum atomic E-state index is -0.203. The van der Waals surface area contributed by atoms with E-state index in [9.17, 15) is 9.59 Å². The lowest BCUT2D eigenvalue weighted by Crippen LogP contribution is -2.28. The summed E-state index contributed by atoms with van der Waals surface area (Å²) in [6.07, 6.45) is 0.710. The summed E-state index contributed by atoms with van der Waals surface area (Å²) >= 11 is 7.37. The molecule has 1 heterocycles. The number of fused-ring (bicyclic) bond motifs is 1. The summed E-state index contributed by atoms with van der Waals surface area (Å²) in [7, 11) is 1.63. The minimum Gasteiger partial charge on any atom is -0.497 e. The molecule has 3 aromatic carbocycles. The SMILES string of the molecule is COc1ccc(CCNC(=O)CSc2nc3ccccc3c(=O)n2-c2cccc(Cl)c2)cc1. The fraction of sp³-hybridized carbons (Fsp3) is 0.160. The van der Waals surface area contributed by atoms with Gasteiger partial charge < -0.3 is 10.1 Å². The zero-order valence-electron chi connectivity index (χ0n) is 18.0. The molecular weight excluding hydrogens is 458 g/mol. The van der Waals surface area contributed by atoms with Crippen molar-refractivity contribution in [2.24, 2.45) is 0 Å². The number of nitrogens with one attached hydrogen (secondary N) is 1. The van der Waals surface area contributed by atoms with Gasteiger partial charge in [-0.25, -0.2) is 4.98 Å². The van der Waals surface area contributed by atoms with Crippen molar-refractivity contribution >= 4 is 40.2 Å². The van der Waals surface area contributed by atoms with Crippen molar-refractivity contribution in [3.8, 4) is 11.4 Å². The lowest BCUT2D eigenvalue weighted by molar-refractivity contribution is -0.118. The molecule has 0 unspecified atom stereocenters. The summed E-state index contributed by atoms with van der Waals surface area (Å²) in [5, 5.41) is 4.38. The first-order valence-electron chi connectivity index (χ1n) is 10.4. The van der Waals surface area contributed by atoms with Gasteiger partial charge in [0.15, 0.2) is 5.16 Å². The average Bonchev–Trinajstić information content (AvgIpc) is 2.83. The highest BCUT2D eigenvalue weighted by Crippen LogP contribution is 2.23. The maximum atomic E-state index is 13.2. The van der Waals surface area contributed by atoms with Crippen LogP contribution >= 0.6 is 23.4 Å². The first kappa shape index (κ1) is 22.9. The highest BCUT2D eigenvalue weighted by Gasteiger charge is 2.15. The molecule has 0 atom stereocenters. The van der Waals surface area contributed by atoms with Gasteiger partial charge in [0.05, 0.1) is 29.5 Å². The lowest BCUT2D eigenvalue weighted by Gasteiger charge is -2.13. The Hall–Kier alpha value is -3.29. The molecule has 8 heteroatoms. The fourth-order valence-corrected chi connectivity index (χ4v) is 4.40. The second-order valence-electron chi connectivity index (χ2n) is 7.27. The molecule has 0 radical (unpaired) electrons. The number of hydrogen-bond donors (Lipinski definition) is 1. The average molecular weight is 480 g/mol. The number of halogens is 1. The highest BCUT2D eigenvalue weighted by atomic mass is 35.5. The molecule has 6 nitrogen and oxygen atoms in total. The summed E-state index contributed by atoms with van der Waals surface area (Å²) in [4.78, 5) is 30.4. The molecule has 0 spiro atoms. The molecule has 0 saturated carbocycles. The lowest BCUT2D eigenvalue weighted by atomic mass is 10.1. The van der Waals surface area contributed by atoms with Gasteiger partial charge in [0.2, 0.25) is 5.91 Å². The number of benzene rings is 3. The Kier molecular flexibility index (Phi) is 7.32. The van der Waals surface area contributed by atoms with E-state index in [1.54, 1.807) is 49.6 Å². The second kappa shape index (κ2) is 10.6. The predicted molar refractivity (Wildman–Crippen MR) is 133 cm³/mol. The molecule has 4 aromatic rings. The largest absolute Gasteiger partial charge is 0.497 e. The third-order valence-electron chi connectivity index (χ3n) is 5.04. The van der Waals surface area contributed by atoms with E-state index in [1.165, 1.54) is 16.3 Å². The molecule has 0 saturated heterocycles. The predicted octanol–water partition coefficient (Wildman–Crippen LogP) is 4.50. The Bertz CT molecular complexity index is 1340. The molecule has 33 heavy (non-hydrogen) atoms. The van der Waals surface area contributed by atoms with Crippen LogP contribution in [0.1, 0.15) is 5.56 Å². The zero-order valence-corrected chi connectivity index (χ0v) is 19.5. The van der Waals surface area contributed by atoms with Gasteiger partial charge in [0, 0.05) is 11.6 Å². The summed E-state index contributed by atoms with van der Waals surface area (Å²) < 4.78 is 6.66. The van der Waals surface area contributed by atoms with E-state index < -0.39 is 0 Å². The van der Waals surface area contributed by atoms with Crippen LogP contribution < -0.4 is 15.6 Å². The van der Waals surface area contributed by atoms with E-state index in [-0.39, 0.29) is 17.2 Å². The number of rotatable bonds is 8. The van der Waals surface area contributed by atoms with Crippen LogP contribution in [0.4, 0.5) is 0 Å². The van der Waals surface area contributed by atoms with Crippen molar-refractivity contribution in [1.82, 2.24) is 14.9 Å². The molecule has 1 N–H and O–H groups in total. The first-order valence-corrected chi connectivity index (χ1v) is 11.7. The Labute approximate surface area is 200 Å². The maximum Gasteiger partial charge on any atom is 0.266 e. The maximum absolute atomic E-state index is 13.2. The molecule has 0 fully saturated rings. The van der Waals surface area contributed by atoms with Crippen LogP contribution in [0.15, 0.2) is 82.7 Å². The molecule has 0 aliphatic heterocycles. The van der Waals surface area contributed by atoms with Crippen molar-refractivity contribution in [3.63, 3.8) is 0 Å². The van der Waals surface area contributed by atoms with Crippen LogP contribution in [0, 0.1) is 0 Å². The molecule has 0 bridgehead atoms. The van der Waals surface area contributed by atoms with Crippen LogP contribution in [-0.2, 0) is 11.2 Å². The van der Waals surface area contributed by atoms with Crippen LogP contribution in [0.25, 0.3) is 16.6 Å². The summed E-state index contributed by atoms with van der Waals surface area (Å²) in [5.74, 6) is 0.801. The van der Waals surface area contributed by atoms with E-state index in [1.807, 2.05) is 30.3 Å². The van der Waals surface area contributed by atoms with Crippen molar-refractivity contribution < 1.29 is 9.53 Å². The zero-order chi connectivity index (χ0) is 23.2. The molecule has 4 rings (SSSR count). The minimum absolute atomic E-state index is 0.131. The number of para-hydroxylation sites is 1. The van der Waals surface area contributed by atoms with Crippen LogP contribution in [-0.4, -0.2) is 34.9 Å². The third-order valence-corrected chi connectivity index (χ3v) is 6.21. The van der Waals surface area contributed by atoms with Gasteiger partial charge in [-0.05, 0) is 54.4 Å². The number of aromatic nitrogens is 2. The summed E-state index contributed by atoms with van der Waals surface area (Å²) in [6, 6.07) is 21.9. The Balaban J connectivity index is 1.48.